The van der Waals surface area contributed by atoms with Gasteiger partial charge in [-0.15, -0.1) is 10.2 Å². The highest BCUT2D eigenvalue weighted by Gasteiger charge is 2.38. The molecule has 20 heavy (non-hydrogen) atoms. The second-order valence-corrected chi connectivity index (χ2v) is 7.80. The average Bonchev–Trinajstić information content (AvgIpc) is 3.14. The number of aromatic nitrogens is 2. The van der Waals surface area contributed by atoms with Gasteiger partial charge in [0, 0.05) is 11.8 Å². The molecule has 1 N–H and O–H groups in total. The molecule has 2 rings (SSSR count). The number of rotatable bonds is 8. The summed E-state index contributed by atoms with van der Waals surface area (Å²) in [4.78, 5) is 12.0. The molecule has 0 radical (unpaired) electrons. The van der Waals surface area contributed by atoms with Gasteiger partial charge in [0.15, 0.2) is 4.34 Å². The highest BCUT2D eigenvalue weighted by molar-refractivity contribution is 8.01. The van der Waals surface area contributed by atoms with Crippen LogP contribution in [0, 0.1) is 6.92 Å². The lowest BCUT2D eigenvalue weighted by Crippen LogP contribution is -2.51. The van der Waals surface area contributed by atoms with Crippen LogP contribution in [0.1, 0.15) is 37.6 Å². The Morgan fingerprint density at radius 1 is 1.55 bits per heavy atom. The molecule has 1 aliphatic rings. The zero-order valence-corrected chi connectivity index (χ0v) is 13.8. The largest absolute Gasteiger partial charge is 0.468 e. The molecule has 7 heteroatoms. The van der Waals surface area contributed by atoms with Crippen molar-refractivity contribution >= 4 is 29.1 Å². The fraction of sp³-hybridized carbons (Fsp3) is 0.769. The van der Waals surface area contributed by atoms with E-state index in [1.807, 2.05) is 13.8 Å². The predicted molar refractivity (Wildman–Crippen MR) is 81.2 cm³/mol. The van der Waals surface area contributed by atoms with Crippen LogP contribution in [-0.2, 0) is 9.53 Å². The molecule has 1 saturated carbocycles. The van der Waals surface area contributed by atoms with E-state index < -0.39 is 5.54 Å². The molecule has 1 fully saturated rings. The first-order valence-corrected chi connectivity index (χ1v) is 8.63. The number of carbonyl (C=O) groups excluding carboxylic acids is 1. The summed E-state index contributed by atoms with van der Waals surface area (Å²) in [6, 6.07) is 0.484. The minimum Gasteiger partial charge on any atom is -0.468 e. The van der Waals surface area contributed by atoms with Gasteiger partial charge in [-0.1, -0.05) is 23.1 Å². The van der Waals surface area contributed by atoms with E-state index in [4.69, 9.17) is 4.74 Å². The van der Waals surface area contributed by atoms with Gasteiger partial charge in [-0.25, -0.2) is 0 Å². The summed E-state index contributed by atoms with van der Waals surface area (Å²) < 4.78 is 5.93. The fourth-order valence-electron chi connectivity index (χ4n) is 2.06. The van der Waals surface area contributed by atoms with Gasteiger partial charge in [-0.3, -0.25) is 10.1 Å². The predicted octanol–water partition coefficient (Wildman–Crippen LogP) is 2.40. The van der Waals surface area contributed by atoms with E-state index in [0.717, 1.165) is 40.8 Å². The minimum atomic E-state index is -0.562. The number of nitrogens with one attached hydrogen (secondary N) is 1. The lowest BCUT2D eigenvalue weighted by molar-refractivity contribution is -0.148. The van der Waals surface area contributed by atoms with Gasteiger partial charge in [-0.2, -0.15) is 0 Å². The van der Waals surface area contributed by atoms with Crippen LogP contribution in [0.3, 0.4) is 0 Å². The van der Waals surface area contributed by atoms with E-state index in [1.54, 1.807) is 23.1 Å². The zero-order valence-electron chi connectivity index (χ0n) is 12.1. The Morgan fingerprint density at radius 2 is 2.30 bits per heavy atom. The van der Waals surface area contributed by atoms with Crippen molar-refractivity contribution in [3.05, 3.63) is 5.01 Å². The summed E-state index contributed by atoms with van der Waals surface area (Å²) in [6.45, 7) is 3.90. The van der Waals surface area contributed by atoms with E-state index >= 15 is 0 Å². The van der Waals surface area contributed by atoms with E-state index in [-0.39, 0.29) is 5.97 Å². The van der Waals surface area contributed by atoms with Crippen molar-refractivity contribution < 1.29 is 9.53 Å². The van der Waals surface area contributed by atoms with Crippen LogP contribution in [0.25, 0.3) is 0 Å². The smallest absolute Gasteiger partial charge is 0.325 e. The fourth-order valence-corrected chi connectivity index (χ4v) is 3.88. The molecule has 1 unspecified atom stereocenters. The maximum Gasteiger partial charge on any atom is 0.325 e. The van der Waals surface area contributed by atoms with Crippen molar-refractivity contribution in [2.45, 2.75) is 55.5 Å². The second kappa shape index (κ2) is 6.87. The first-order valence-electron chi connectivity index (χ1n) is 6.82. The molecule has 112 valence electrons. The van der Waals surface area contributed by atoms with E-state index in [2.05, 4.69) is 15.5 Å². The number of thioether (sulfide) groups is 1. The molecule has 0 spiro atoms. The van der Waals surface area contributed by atoms with Crippen molar-refractivity contribution in [2.75, 3.05) is 12.9 Å². The molecule has 5 nitrogen and oxygen atoms in total. The Morgan fingerprint density at radius 3 is 2.85 bits per heavy atom. The van der Waals surface area contributed by atoms with Crippen molar-refractivity contribution in [3.63, 3.8) is 0 Å². The van der Waals surface area contributed by atoms with Crippen LogP contribution >= 0.6 is 23.1 Å². The van der Waals surface area contributed by atoms with Crippen molar-refractivity contribution in [2.24, 2.45) is 0 Å². The highest BCUT2D eigenvalue weighted by atomic mass is 32.2. The Labute approximate surface area is 127 Å². The lowest BCUT2D eigenvalue weighted by atomic mass is 9.96. The SMILES string of the molecule is COC(=O)C(C)(CCCSc1nnc(C)s1)NC1CC1. The first-order chi connectivity index (χ1) is 9.53. The van der Waals surface area contributed by atoms with Crippen LogP contribution in [0.15, 0.2) is 4.34 Å². The number of hydrogen-bond donors (Lipinski definition) is 1. The van der Waals surface area contributed by atoms with Gasteiger partial charge >= 0.3 is 5.97 Å². The Kier molecular flexibility index (Phi) is 5.40. The number of aryl methyl sites for hydroxylation is 1. The maximum absolute atomic E-state index is 12.0. The first kappa shape index (κ1) is 15.7. The summed E-state index contributed by atoms with van der Waals surface area (Å²) in [5.74, 6) is 0.772. The molecule has 0 aliphatic heterocycles. The van der Waals surface area contributed by atoms with Gasteiger partial charge in [0.25, 0.3) is 0 Å². The molecule has 0 amide bonds. The number of methoxy groups -OCH3 is 1. The van der Waals surface area contributed by atoms with Crippen molar-refractivity contribution in [1.82, 2.24) is 15.5 Å². The number of hydrogen-bond acceptors (Lipinski definition) is 7. The van der Waals surface area contributed by atoms with Gasteiger partial charge < -0.3 is 4.74 Å². The third-order valence-corrected chi connectivity index (χ3v) is 5.35. The minimum absolute atomic E-state index is 0.166. The molecule has 1 atom stereocenters. The van der Waals surface area contributed by atoms with Crippen LogP contribution in [0.2, 0.25) is 0 Å². The molecular formula is C13H21N3O2S2. The van der Waals surface area contributed by atoms with E-state index in [9.17, 15) is 4.79 Å². The van der Waals surface area contributed by atoms with Crippen molar-refractivity contribution in [3.8, 4) is 0 Å². The van der Waals surface area contributed by atoms with Gasteiger partial charge in [-0.05, 0) is 39.5 Å². The average molecular weight is 315 g/mol. The van der Waals surface area contributed by atoms with Crippen LogP contribution in [0.4, 0.5) is 0 Å². The van der Waals surface area contributed by atoms with Crippen molar-refractivity contribution in [1.29, 1.82) is 0 Å². The second-order valence-electron chi connectivity index (χ2n) is 5.28. The molecule has 0 bridgehead atoms. The quantitative estimate of drug-likeness (QED) is 0.451. The molecule has 0 aromatic carbocycles. The van der Waals surface area contributed by atoms with Crippen LogP contribution in [0.5, 0.6) is 0 Å². The number of esters is 1. The number of nitrogens with zero attached hydrogens (tertiary/aromatic N) is 2. The number of ether oxygens (including phenoxy) is 1. The zero-order chi connectivity index (χ0) is 14.6. The van der Waals surface area contributed by atoms with Gasteiger partial charge in [0.1, 0.15) is 10.5 Å². The topological polar surface area (TPSA) is 64.1 Å². The Hall–Kier alpha value is -0.660. The summed E-state index contributed by atoms with van der Waals surface area (Å²) in [5, 5.41) is 12.5. The van der Waals surface area contributed by atoms with Gasteiger partial charge in [0.05, 0.1) is 7.11 Å². The Bertz CT molecular complexity index is 462. The summed E-state index contributed by atoms with van der Waals surface area (Å²) in [7, 11) is 1.45. The van der Waals surface area contributed by atoms with E-state index in [0.29, 0.717) is 6.04 Å². The number of carbonyl (C=O) groups is 1. The van der Waals surface area contributed by atoms with Crippen LogP contribution in [-0.4, -0.2) is 40.6 Å². The lowest BCUT2D eigenvalue weighted by Gasteiger charge is -2.28. The molecule has 1 aromatic heterocycles. The van der Waals surface area contributed by atoms with Gasteiger partial charge in [0.2, 0.25) is 0 Å². The van der Waals surface area contributed by atoms with E-state index in [1.165, 1.54) is 7.11 Å². The highest BCUT2D eigenvalue weighted by Crippen LogP contribution is 2.28. The summed E-state index contributed by atoms with van der Waals surface area (Å²) in [6.07, 6.45) is 4.03. The monoisotopic (exact) mass is 315 g/mol. The normalized spacial score (nSPS) is 17.8. The maximum atomic E-state index is 12.0. The Balaban J connectivity index is 1.77. The summed E-state index contributed by atoms with van der Waals surface area (Å²) >= 11 is 3.31. The standard InChI is InChI=1S/C13H21N3O2S2/c1-9-15-16-12(20-9)19-8-4-7-13(2,11(17)18-3)14-10-5-6-10/h10,14H,4-8H2,1-3H3. The third kappa shape index (κ3) is 4.43. The third-order valence-electron chi connectivity index (χ3n) is 3.29. The van der Waals surface area contributed by atoms with Crippen LogP contribution < -0.4 is 5.32 Å². The molecule has 0 saturated heterocycles. The summed E-state index contributed by atoms with van der Waals surface area (Å²) in [5.41, 5.74) is -0.562. The molecule has 1 aliphatic carbocycles. The molecule has 1 aromatic rings. The molecular weight excluding hydrogens is 294 g/mol. The molecule has 1 heterocycles.